The van der Waals surface area contributed by atoms with E-state index in [1.54, 1.807) is 39.9 Å². The van der Waals surface area contributed by atoms with Gasteiger partial charge in [0.25, 0.3) is 0 Å². The average molecular weight is 429 g/mol. The normalized spacial score (nSPS) is 23.6. The van der Waals surface area contributed by atoms with Crippen molar-refractivity contribution in [2.75, 3.05) is 13.1 Å². The molecular formula is C22H21FN2O2S2. The summed E-state index contributed by atoms with van der Waals surface area (Å²) in [6.07, 6.45) is 0.745. The van der Waals surface area contributed by atoms with Gasteiger partial charge < -0.3 is 0 Å². The van der Waals surface area contributed by atoms with Gasteiger partial charge in [0.1, 0.15) is 5.82 Å². The molecule has 5 rings (SSSR count). The summed E-state index contributed by atoms with van der Waals surface area (Å²) >= 11 is 1.67. The Hall–Kier alpha value is -2.06. The third-order valence-electron chi connectivity index (χ3n) is 5.99. The van der Waals surface area contributed by atoms with Crippen LogP contribution in [0.15, 0.2) is 70.3 Å². The number of hydrogen-bond acceptors (Lipinski definition) is 4. The van der Waals surface area contributed by atoms with Crippen LogP contribution >= 0.6 is 11.3 Å². The molecule has 3 heterocycles. The molecule has 2 aliphatic heterocycles. The van der Waals surface area contributed by atoms with Gasteiger partial charge in [-0.25, -0.2) is 12.8 Å². The van der Waals surface area contributed by atoms with Gasteiger partial charge in [0.2, 0.25) is 10.0 Å². The van der Waals surface area contributed by atoms with Crippen molar-refractivity contribution in [1.29, 1.82) is 0 Å². The monoisotopic (exact) mass is 428 g/mol. The summed E-state index contributed by atoms with van der Waals surface area (Å²) in [5.74, 6) is -0.321. The molecule has 1 spiro atoms. The van der Waals surface area contributed by atoms with Crippen LogP contribution in [-0.4, -0.2) is 30.7 Å². The van der Waals surface area contributed by atoms with Gasteiger partial charge in [-0.05, 0) is 58.1 Å². The van der Waals surface area contributed by atoms with Crippen molar-refractivity contribution < 1.29 is 12.8 Å². The molecule has 1 saturated heterocycles. The third-order valence-corrected chi connectivity index (χ3v) is 8.69. The zero-order chi connectivity index (χ0) is 20.1. The van der Waals surface area contributed by atoms with Crippen LogP contribution in [0, 0.1) is 5.82 Å². The van der Waals surface area contributed by atoms with E-state index in [2.05, 4.69) is 21.7 Å². The first kappa shape index (κ1) is 18.9. The second-order valence-electron chi connectivity index (χ2n) is 7.76. The van der Waals surface area contributed by atoms with Crippen molar-refractivity contribution in [3.05, 3.63) is 87.9 Å². The highest BCUT2D eigenvalue weighted by Gasteiger charge is 2.56. The Balaban J connectivity index is 1.54. The minimum Gasteiger partial charge on any atom is -0.297 e. The van der Waals surface area contributed by atoms with Crippen molar-refractivity contribution in [2.45, 2.75) is 29.9 Å². The molecule has 0 amide bonds. The first-order chi connectivity index (χ1) is 14.0. The Bertz CT molecular complexity index is 1130. The van der Waals surface area contributed by atoms with E-state index in [1.807, 2.05) is 12.1 Å². The van der Waals surface area contributed by atoms with Crippen LogP contribution in [0.4, 0.5) is 4.39 Å². The molecule has 0 unspecified atom stereocenters. The summed E-state index contributed by atoms with van der Waals surface area (Å²) < 4.78 is 42.0. The average Bonchev–Trinajstić information content (AvgIpc) is 3.41. The van der Waals surface area contributed by atoms with Crippen LogP contribution in [-0.2, 0) is 28.7 Å². The van der Waals surface area contributed by atoms with Crippen LogP contribution in [0.25, 0.3) is 0 Å². The molecule has 1 aromatic heterocycles. The predicted molar refractivity (Wildman–Crippen MR) is 111 cm³/mol. The van der Waals surface area contributed by atoms with Crippen molar-refractivity contribution in [3.63, 3.8) is 0 Å². The lowest BCUT2D eigenvalue weighted by atomic mass is 9.88. The summed E-state index contributed by atoms with van der Waals surface area (Å²) in [7, 11) is -3.62. The first-order valence-electron chi connectivity index (χ1n) is 9.59. The smallest absolute Gasteiger partial charge is 0.244 e. The highest BCUT2D eigenvalue weighted by atomic mass is 32.2. The van der Waals surface area contributed by atoms with E-state index in [9.17, 15) is 12.8 Å². The molecule has 3 aromatic rings. The lowest BCUT2D eigenvalue weighted by molar-refractivity contribution is 0.184. The molecule has 1 atom stereocenters. The largest absolute Gasteiger partial charge is 0.297 e. The van der Waals surface area contributed by atoms with Gasteiger partial charge in [-0.1, -0.05) is 30.3 Å². The Kier molecular flexibility index (Phi) is 4.58. The van der Waals surface area contributed by atoms with Crippen LogP contribution in [0.1, 0.15) is 23.1 Å². The van der Waals surface area contributed by atoms with Gasteiger partial charge in [0.05, 0.1) is 10.4 Å². The van der Waals surface area contributed by atoms with Crippen molar-refractivity contribution in [3.8, 4) is 0 Å². The quantitative estimate of drug-likeness (QED) is 0.626. The van der Waals surface area contributed by atoms with Gasteiger partial charge in [-0.15, -0.1) is 0 Å². The van der Waals surface area contributed by atoms with Crippen molar-refractivity contribution >= 4 is 21.4 Å². The van der Waals surface area contributed by atoms with Crippen LogP contribution in [0.3, 0.4) is 0 Å². The van der Waals surface area contributed by atoms with E-state index in [-0.39, 0.29) is 12.4 Å². The van der Waals surface area contributed by atoms with E-state index >= 15 is 0 Å². The second-order valence-corrected chi connectivity index (χ2v) is 10.4. The van der Waals surface area contributed by atoms with E-state index in [4.69, 9.17) is 0 Å². The first-order valence-corrected chi connectivity index (χ1v) is 12.0. The molecule has 2 aromatic carbocycles. The lowest BCUT2D eigenvalue weighted by Crippen LogP contribution is -2.45. The SMILES string of the molecule is O=S1(=O)c2ccccc2[C@]2(CCN(Cc3ccsc3)C2)N1Cc1ccc(F)cc1. The topological polar surface area (TPSA) is 40.6 Å². The zero-order valence-corrected chi connectivity index (χ0v) is 17.4. The van der Waals surface area contributed by atoms with Crippen LogP contribution in [0.5, 0.6) is 0 Å². The minimum absolute atomic E-state index is 0.240. The Labute approximate surface area is 174 Å². The number of likely N-dealkylation sites (tertiary alicyclic amines) is 1. The summed E-state index contributed by atoms with van der Waals surface area (Å²) in [6, 6.07) is 15.6. The molecule has 4 nitrogen and oxygen atoms in total. The second kappa shape index (κ2) is 7.02. The third kappa shape index (κ3) is 3.13. The molecular weight excluding hydrogens is 407 g/mol. The van der Waals surface area contributed by atoms with E-state index in [0.717, 1.165) is 30.6 Å². The fourth-order valence-corrected chi connectivity index (χ4v) is 7.33. The van der Waals surface area contributed by atoms with E-state index in [1.165, 1.54) is 17.7 Å². The predicted octanol–water partition coefficient (Wildman–Crippen LogP) is 4.19. The summed E-state index contributed by atoms with van der Waals surface area (Å²) in [4.78, 5) is 2.73. The Morgan fingerprint density at radius 1 is 1.00 bits per heavy atom. The highest BCUT2D eigenvalue weighted by molar-refractivity contribution is 7.89. The molecule has 29 heavy (non-hydrogen) atoms. The van der Waals surface area contributed by atoms with Gasteiger partial charge in [-0.2, -0.15) is 15.6 Å². The number of halogens is 1. The van der Waals surface area contributed by atoms with Crippen molar-refractivity contribution in [2.24, 2.45) is 0 Å². The molecule has 0 aliphatic carbocycles. The molecule has 0 radical (unpaired) electrons. The molecule has 0 saturated carbocycles. The van der Waals surface area contributed by atoms with Gasteiger partial charge >= 0.3 is 0 Å². The van der Waals surface area contributed by atoms with Crippen molar-refractivity contribution in [1.82, 2.24) is 9.21 Å². The summed E-state index contributed by atoms with van der Waals surface area (Å²) in [6.45, 7) is 2.54. The van der Waals surface area contributed by atoms with Gasteiger partial charge in [0.15, 0.2) is 0 Å². The number of rotatable bonds is 4. The number of hydrogen-bond donors (Lipinski definition) is 0. The van der Waals surface area contributed by atoms with Gasteiger partial charge in [-0.3, -0.25) is 4.90 Å². The summed E-state index contributed by atoms with van der Waals surface area (Å²) in [5, 5.41) is 4.21. The molecule has 150 valence electrons. The van der Waals surface area contributed by atoms with E-state index in [0.29, 0.717) is 11.4 Å². The lowest BCUT2D eigenvalue weighted by Gasteiger charge is -2.34. The zero-order valence-electron chi connectivity index (χ0n) is 15.8. The fraction of sp³-hybridized carbons (Fsp3) is 0.273. The number of fused-ring (bicyclic) bond motifs is 2. The Morgan fingerprint density at radius 3 is 2.55 bits per heavy atom. The number of thiophene rings is 1. The molecule has 0 N–H and O–H groups in total. The highest BCUT2D eigenvalue weighted by Crippen LogP contribution is 2.50. The molecule has 1 fully saturated rings. The van der Waals surface area contributed by atoms with Crippen LogP contribution < -0.4 is 0 Å². The minimum atomic E-state index is -3.62. The maximum Gasteiger partial charge on any atom is 0.244 e. The van der Waals surface area contributed by atoms with E-state index < -0.39 is 15.6 Å². The molecule has 0 bridgehead atoms. The number of nitrogens with zero attached hydrogens (tertiary/aromatic N) is 2. The summed E-state index contributed by atoms with van der Waals surface area (Å²) in [5.41, 5.74) is 2.35. The maximum absolute atomic E-state index is 13.5. The maximum atomic E-state index is 13.5. The van der Waals surface area contributed by atoms with Crippen LogP contribution in [0.2, 0.25) is 0 Å². The Morgan fingerprint density at radius 2 is 1.79 bits per heavy atom. The number of sulfonamides is 1. The molecule has 7 heteroatoms. The number of benzene rings is 2. The standard InChI is InChI=1S/C22H21FN2O2S2/c23-19-7-5-17(6-8-19)14-25-22(20-3-1-2-4-21(20)29(25,26)27)10-11-24(16-22)13-18-9-12-28-15-18/h1-9,12,15H,10-11,13-14,16H2/t22-/m1/s1. The molecule has 2 aliphatic rings. The fourth-order valence-electron chi connectivity index (χ4n) is 4.62. The van der Waals surface area contributed by atoms with Gasteiger partial charge in [0, 0.05) is 26.2 Å².